The van der Waals surface area contributed by atoms with Crippen LogP contribution in [-0.4, -0.2) is 61.2 Å². The number of nitrogens with one attached hydrogen (secondary N) is 1. The number of nitrogens with zero attached hydrogens (tertiary/aromatic N) is 2. The monoisotopic (exact) mass is 425 g/mol. The van der Waals surface area contributed by atoms with E-state index in [0.29, 0.717) is 28.7 Å². The summed E-state index contributed by atoms with van der Waals surface area (Å²) >= 11 is 0. The van der Waals surface area contributed by atoms with Gasteiger partial charge in [0.15, 0.2) is 0 Å². The summed E-state index contributed by atoms with van der Waals surface area (Å²) in [6.07, 6.45) is 2.33. The van der Waals surface area contributed by atoms with Crippen LogP contribution in [0, 0.1) is 0 Å². The average molecular weight is 426 g/mol. The molecule has 0 radical (unpaired) electrons. The highest BCUT2D eigenvalue weighted by Gasteiger charge is 2.24. The van der Waals surface area contributed by atoms with Gasteiger partial charge >= 0.3 is 5.97 Å². The van der Waals surface area contributed by atoms with E-state index in [1.165, 1.54) is 12.5 Å². The van der Waals surface area contributed by atoms with Crippen molar-refractivity contribution < 1.29 is 19.4 Å². The third-order valence-electron chi connectivity index (χ3n) is 5.82. The molecule has 0 bridgehead atoms. The number of rotatable bonds is 8. The molecule has 1 aliphatic rings. The van der Waals surface area contributed by atoms with Gasteiger partial charge in [-0.05, 0) is 55.8 Å². The Hall–Kier alpha value is -3.06. The van der Waals surface area contributed by atoms with E-state index in [9.17, 15) is 14.7 Å². The van der Waals surface area contributed by atoms with E-state index in [1.807, 2.05) is 0 Å². The van der Waals surface area contributed by atoms with Gasteiger partial charge in [-0.1, -0.05) is 13.3 Å². The van der Waals surface area contributed by atoms with E-state index < -0.39 is 5.97 Å². The number of carbonyl (C=O) groups is 2. The number of carbonyl (C=O) groups excluding carboxylic acids is 1. The van der Waals surface area contributed by atoms with Gasteiger partial charge in [-0.3, -0.25) is 9.69 Å². The fourth-order valence-corrected chi connectivity index (χ4v) is 4.01. The predicted octanol–water partition coefficient (Wildman–Crippen LogP) is 3.96. The van der Waals surface area contributed by atoms with Crippen molar-refractivity contribution in [3.05, 3.63) is 53.6 Å². The summed E-state index contributed by atoms with van der Waals surface area (Å²) in [4.78, 5) is 29.0. The number of hydrogen-bond donors (Lipinski definition) is 2. The third kappa shape index (κ3) is 5.55. The van der Waals surface area contributed by atoms with Gasteiger partial charge in [0.25, 0.3) is 5.91 Å². The van der Waals surface area contributed by atoms with Gasteiger partial charge in [-0.25, -0.2) is 4.79 Å². The van der Waals surface area contributed by atoms with E-state index in [-0.39, 0.29) is 11.5 Å². The Bertz CT molecular complexity index is 906. The van der Waals surface area contributed by atoms with E-state index in [4.69, 9.17) is 4.74 Å². The second kappa shape index (κ2) is 10.3. The van der Waals surface area contributed by atoms with E-state index in [2.05, 4.69) is 29.0 Å². The minimum absolute atomic E-state index is 0.197. The molecule has 0 unspecified atom stereocenters. The number of methoxy groups -OCH3 is 1. The highest BCUT2D eigenvalue weighted by Crippen LogP contribution is 2.27. The zero-order valence-corrected chi connectivity index (χ0v) is 18.4. The zero-order valence-electron chi connectivity index (χ0n) is 18.4. The maximum Gasteiger partial charge on any atom is 0.337 e. The first kappa shape index (κ1) is 22.6. The molecule has 1 heterocycles. The lowest BCUT2D eigenvalue weighted by Crippen LogP contribution is -2.49. The van der Waals surface area contributed by atoms with Gasteiger partial charge in [0.05, 0.1) is 18.4 Å². The van der Waals surface area contributed by atoms with Gasteiger partial charge in [0.1, 0.15) is 5.75 Å². The molecule has 3 rings (SSSR count). The molecule has 1 aliphatic heterocycles. The molecule has 1 atom stereocenters. The quantitative estimate of drug-likeness (QED) is 0.666. The molecule has 0 spiro atoms. The first-order chi connectivity index (χ1) is 14.9. The molecule has 7 nitrogen and oxygen atoms in total. The Morgan fingerprint density at radius 2 is 1.77 bits per heavy atom. The summed E-state index contributed by atoms with van der Waals surface area (Å²) in [7, 11) is 1.57. The maximum atomic E-state index is 12.5. The van der Waals surface area contributed by atoms with Crippen molar-refractivity contribution in [3.63, 3.8) is 0 Å². The highest BCUT2D eigenvalue weighted by atomic mass is 16.5. The van der Waals surface area contributed by atoms with Crippen molar-refractivity contribution in [1.29, 1.82) is 0 Å². The lowest BCUT2D eigenvalue weighted by Gasteiger charge is -2.39. The van der Waals surface area contributed by atoms with Crippen LogP contribution >= 0.6 is 0 Å². The van der Waals surface area contributed by atoms with E-state index in [0.717, 1.165) is 32.6 Å². The molecule has 0 saturated carbocycles. The Labute approximate surface area is 183 Å². The average Bonchev–Trinajstić information content (AvgIpc) is 2.79. The molecule has 0 aliphatic carbocycles. The van der Waals surface area contributed by atoms with E-state index >= 15 is 0 Å². The fourth-order valence-electron chi connectivity index (χ4n) is 4.01. The minimum Gasteiger partial charge on any atom is -0.497 e. The largest absolute Gasteiger partial charge is 0.497 e. The molecule has 2 aromatic rings. The SMILES string of the molecule is CCC[C@@H](C)N1CCN(c2ccc(NC(=O)c3ccc(OC)cc3)cc2C(=O)O)CC1. The second-order valence-corrected chi connectivity index (χ2v) is 7.88. The molecular formula is C24H31N3O4. The summed E-state index contributed by atoms with van der Waals surface area (Å²) in [5, 5.41) is 12.6. The molecule has 7 heteroatoms. The van der Waals surface area contributed by atoms with Gasteiger partial charge < -0.3 is 20.1 Å². The number of ether oxygens (including phenoxy) is 1. The van der Waals surface area contributed by atoms with Gasteiger partial charge in [0, 0.05) is 43.5 Å². The van der Waals surface area contributed by atoms with Crippen molar-refractivity contribution in [2.24, 2.45) is 0 Å². The van der Waals surface area contributed by atoms with Crippen molar-refractivity contribution >= 4 is 23.3 Å². The molecule has 1 fully saturated rings. The van der Waals surface area contributed by atoms with E-state index in [1.54, 1.807) is 43.5 Å². The van der Waals surface area contributed by atoms with Gasteiger partial charge in [0.2, 0.25) is 0 Å². The van der Waals surface area contributed by atoms with Crippen LogP contribution in [-0.2, 0) is 0 Å². The van der Waals surface area contributed by atoms with Crippen LogP contribution in [0.3, 0.4) is 0 Å². The lowest BCUT2D eigenvalue weighted by molar-refractivity contribution is 0.0697. The summed E-state index contributed by atoms with van der Waals surface area (Å²) in [5.41, 5.74) is 1.82. The van der Waals surface area contributed by atoms with Crippen molar-refractivity contribution in [3.8, 4) is 5.75 Å². The first-order valence-corrected chi connectivity index (χ1v) is 10.7. The Morgan fingerprint density at radius 1 is 1.10 bits per heavy atom. The maximum absolute atomic E-state index is 12.5. The van der Waals surface area contributed by atoms with Gasteiger partial charge in [-0.15, -0.1) is 0 Å². The molecule has 1 saturated heterocycles. The molecule has 31 heavy (non-hydrogen) atoms. The number of hydrogen-bond acceptors (Lipinski definition) is 5. The molecular weight excluding hydrogens is 394 g/mol. The standard InChI is InChI=1S/C24H31N3O4/c1-4-5-17(2)26-12-14-27(15-13-26)22-11-8-19(16-21(22)24(29)30)25-23(28)18-6-9-20(31-3)10-7-18/h6-11,16-17H,4-5,12-15H2,1-3H3,(H,25,28)(H,29,30)/t17-/m1/s1. The number of benzene rings is 2. The number of carboxylic acid groups (broad SMARTS) is 1. The molecule has 2 N–H and O–H groups in total. The Morgan fingerprint density at radius 3 is 2.35 bits per heavy atom. The summed E-state index contributed by atoms with van der Waals surface area (Å²) < 4.78 is 5.11. The number of anilines is 2. The fraction of sp³-hybridized carbons (Fsp3) is 0.417. The zero-order chi connectivity index (χ0) is 22.4. The topological polar surface area (TPSA) is 82.1 Å². The van der Waals surface area contributed by atoms with Crippen LogP contribution in [0.5, 0.6) is 5.75 Å². The third-order valence-corrected chi connectivity index (χ3v) is 5.82. The van der Waals surface area contributed by atoms with Crippen LogP contribution in [0.2, 0.25) is 0 Å². The van der Waals surface area contributed by atoms with Crippen LogP contribution in [0.25, 0.3) is 0 Å². The molecule has 2 aromatic carbocycles. The van der Waals surface area contributed by atoms with Crippen LogP contribution in [0.15, 0.2) is 42.5 Å². The van der Waals surface area contributed by atoms with Crippen molar-refractivity contribution in [2.45, 2.75) is 32.7 Å². The Balaban J connectivity index is 1.71. The minimum atomic E-state index is -1.00. The van der Waals surface area contributed by atoms with Crippen molar-refractivity contribution in [2.75, 3.05) is 43.5 Å². The molecule has 1 amide bonds. The van der Waals surface area contributed by atoms with Crippen LogP contribution in [0.4, 0.5) is 11.4 Å². The number of amides is 1. The highest BCUT2D eigenvalue weighted by molar-refractivity contribution is 6.05. The summed E-state index contributed by atoms with van der Waals surface area (Å²) in [6.45, 7) is 7.84. The number of carboxylic acids is 1. The molecule has 166 valence electrons. The predicted molar refractivity (Wildman–Crippen MR) is 123 cm³/mol. The first-order valence-electron chi connectivity index (χ1n) is 10.7. The van der Waals surface area contributed by atoms with Crippen molar-refractivity contribution in [1.82, 2.24) is 4.90 Å². The Kier molecular flexibility index (Phi) is 7.52. The number of piperazine rings is 1. The second-order valence-electron chi connectivity index (χ2n) is 7.88. The van der Waals surface area contributed by atoms with Gasteiger partial charge in [-0.2, -0.15) is 0 Å². The molecule has 0 aromatic heterocycles. The summed E-state index contributed by atoms with van der Waals surface area (Å²) in [6, 6.07) is 12.4. The normalized spacial score (nSPS) is 15.4. The summed E-state index contributed by atoms with van der Waals surface area (Å²) in [5.74, 6) is -0.638. The smallest absolute Gasteiger partial charge is 0.337 e. The lowest BCUT2D eigenvalue weighted by atomic mass is 10.1. The van der Waals surface area contributed by atoms with Crippen LogP contribution < -0.4 is 15.0 Å². The van der Waals surface area contributed by atoms with Crippen LogP contribution in [0.1, 0.15) is 47.4 Å². The number of aromatic carboxylic acids is 1.